The Kier molecular flexibility index (Phi) is 44.5. The van der Waals surface area contributed by atoms with Crippen LogP contribution in [-0.2, 0) is 132 Å². The number of hydrogen-bond donors (Lipinski definition) is 4. The van der Waals surface area contributed by atoms with E-state index in [2.05, 4.69) is 174 Å². The van der Waals surface area contributed by atoms with Gasteiger partial charge in [0.1, 0.15) is 58.5 Å². The molecule has 146 heavy (non-hydrogen) atoms. The van der Waals surface area contributed by atoms with Gasteiger partial charge in [-0.1, -0.05) is 204 Å². The molecule has 26 nitrogen and oxygen atoms in total. The van der Waals surface area contributed by atoms with Crippen molar-refractivity contribution in [1.29, 1.82) is 0 Å². The first kappa shape index (κ1) is 123. The normalized spacial score (nSPS) is 11.0. The van der Waals surface area contributed by atoms with Crippen molar-refractivity contribution in [1.82, 2.24) is 79.7 Å². The SMILES string of the molecule is CC(C)(c1cccc(C(=O)O)n1)c1cccc(-c2[c-]cc(Cl)nc2F)n1.CC(C)(c1cccc(C(=O)O)n1)c1cccc(-c2[c-]cc(Cl)nc2I)n1.CC(C)(c1cccc(C(=O)O)n1)c1cccc(-c2[c-]cc(F)nc2Cl)n1.CC(C)(c1cccc(C(=O)O)n1)c1cccc(-c2[c-]cc(I)nc2I)n1.CN(C)c1cc(-c2[c-]cc(F)nc2F)nc(C(C)(C)c2cc(N(C)C)cc(-c3[c-]cc(F)nc3F)n2)c1.[Pt+2].[Pt].[Pt].[Pt].[Pt]. The number of anilines is 2. The summed E-state index contributed by atoms with van der Waals surface area (Å²) >= 11 is 24.0. The van der Waals surface area contributed by atoms with Crippen LogP contribution >= 0.6 is 103 Å². The van der Waals surface area contributed by atoms with Gasteiger partial charge >= 0.3 is 44.9 Å². The monoisotopic (exact) mass is 3270 g/mol. The van der Waals surface area contributed by atoms with Crippen LogP contribution in [0.1, 0.15) is 168 Å². The van der Waals surface area contributed by atoms with Crippen molar-refractivity contribution in [3.63, 3.8) is 0 Å². The molecule has 0 unspecified atom stereocenters. The van der Waals surface area contributed by atoms with Crippen molar-refractivity contribution >= 4 is 138 Å². The van der Waals surface area contributed by atoms with E-state index in [1.807, 2.05) is 174 Å². The minimum Gasteiger partial charge on any atom is -0.477 e. The number of aromatic nitrogens is 16. The van der Waals surface area contributed by atoms with Crippen molar-refractivity contribution in [3.05, 3.63) is 385 Å². The number of aromatic carboxylic acids is 4. The number of carboxylic acid groups (broad SMARTS) is 4. The second-order valence-electron chi connectivity index (χ2n) is 33.9. The Morgan fingerprint density at radius 3 is 0.822 bits per heavy atom. The number of pyridine rings is 16. The van der Waals surface area contributed by atoms with E-state index >= 15 is 0 Å². The molecule has 0 saturated carbocycles. The first-order valence-corrected chi connectivity index (χ1v) is 46.5. The van der Waals surface area contributed by atoms with E-state index in [-0.39, 0.29) is 166 Å². The minimum absolute atomic E-state index is 0. The second kappa shape index (κ2) is 52.9. The first-order valence-electron chi connectivity index (χ1n) is 42.1. The average Bonchev–Trinajstić information content (AvgIpc) is 0.756. The topological polar surface area (TPSA) is 362 Å². The molecule has 4 N–H and O–H groups in total. The maximum Gasteiger partial charge on any atom is 2.00 e. The fourth-order valence-electron chi connectivity index (χ4n) is 13.7. The van der Waals surface area contributed by atoms with Crippen LogP contribution in [0.25, 0.3) is 67.5 Å². The molecule has 16 rings (SSSR count). The van der Waals surface area contributed by atoms with Crippen molar-refractivity contribution in [2.45, 2.75) is 96.3 Å². The number of hydrogen-bond acceptors (Lipinski definition) is 22. The van der Waals surface area contributed by atoms with Gasteiger partial charge < -0.3 is 80.1 Å². The summed E-state index contributed by atoms with van der Waals surface area (Å²) in [6.07, 6.45) is 0. The largest absolute Gasteiger partial charge is 2.00 e. The molecule has 0 fully saturated rings. The molecule has 0 atom stereocenters. The van der Waals surface area contributed by atoms with E-state index in [4.69, 9.17) is 55.0 Å². The zero-order valence-corrected chi connectivity index (χ0v) is 98.8. The van der Waals surface area contributed by atoms with Gasteiger partial charge in [0.15, 0.2) is 0 Å². The third-order valence-corrected chi connectivity index (χ3v) is 24.7. The summed E-state index contributed by atoms with van der Waals surface area (Å²) in [7, 11) is 7.29. The van der Waals surface area contributed by atoms with Crippen LogP contribution in [0.3, 0.4) is 0 Å². The summed E-state index contributed by atoms with van der Waals surface area (Å²) in [6.45, 7) is 19.1. The van der Waals surface area contributed by atoms with Crippen LogP contribution in [0.2, 0.25) is 15.5 Å². The van der Waals surface area contributed by atoms with Crippen LogP contribution in [0, 0.1) is 83.2 Å². The third-order valence-electron chi connectivity index (χ3n) is 21.9. The van der Waals surface area contributed by atoms with Gasteiger partial charge in [0.05, 0.1) is 22.8 Å². The Hall–Kier alpha value is -10.0. The molecule has 0 aliphatic rings. The molecule has 16 aromatic rings. The summed E-state index contributed by atoms with van der Waals surface area (Å²) in [5.74, 6) is -9.80. The summed E-state index contributed by atoms with van der Waals surface area (Å²) in [5, 5.41) is 37.1. The number of carbonyl (C=O) groups is 4. The molecule has 43 heteroatoms. The van der Waals surface area contributed by atoms with Crippen LogP contribution < -0.4 is 9.80 Å². The number of nitrogens with zero attached hydrogens (tertiary/aromatic N) is 18. The summed E-state index contributed by atoms with van der Waals surface area (Å²) in [6, 6.07) is 73.3. The van der Waals surface area contributed by atoms with Crippen molar-refractivity contribution in [2.24, 2.45) is 0 Å². The van der Waals surface area contributed by atoms with Gasteiger partial charge in [-0.25, -0.2) is 65.5 Å². The number of carboxylic acids is 4. The Morgan fingerprint density at radius 2 is 0.527 bits per heavy atom. The molecule has 768 valence electrons. The summed E-state index contributed by atoms with van der Waals surface area (Å²) < 4.78 is 85.6. The van der Waals surface area contributed by atoms with E-state index in [0.717, 1.165) is 59.5 Å². The fraction of sp³-hybridized carbons (Fsp3) is 0.184. The van der Waals surface area contributed by atoms with Crippen molar-refractivity contribution in [3.8, 4) is 67.5 Å². The van der Waals surface area contributed by atoms with Crippen LogP contribution in [-0.4, -0.2) is 152 Å². The molecule has 0 radical (unpaired) electrons. The number of rotatable bonds is 22. The molecule has 0 aliphatic heterocycles. The second-order valence-corrected chi connectivity index (χ2v) is 38.2. The Morgan fingerprint density at radius 1 is 0.288 bits per heavy atom. The molecule has 0 spiro atoms. The quantitative estimate of drug-likeness (QED) is 0.0212. The molecule has 0 amide bonds. The van der Waals surface area contributed by atoms with E-state index in [1.165, 1.54) is 30.3 Å². The Labute approximate surface area is 964 Å². The fourth-order valence-corrected chi connectivity index (χ4v) is 16.6. The minimum atomic E-state index is -1.10. The maximum absolute atomic E-state index is 14.5. The third kappa shape index (κ3) is 30.2. The Balaban J connectivity index is 0.000000247. The molecule has 0 aliphatic carbocycles. The van der Waals surface area contributed by atoms with Gasteiger partial charge in [-0.05, 0) is 188 Å². The predicted octanol–water partition coefficient (Wildman–Crippen LogP) is 22.7. The van der Waals surface area contributed by atoms with Gasteiger partial charge in [0.25, 0.3) is 0 Å². The van der Waals surface area contributed by atoms with E-state index < -0.39 is 86.6 Å². The van der Waals surface area contributed by atoms with Crippen molar-refractivity contribution in [2.75, 3.05) is 38.0 Å². The smallest absolute Gasteiger partial charge is 0.477 e. The molecule has 0 aromatic carbocycles. The van der Waals surface area contributed by atoms with Gasteiger partial charge in [-0.3, -0.25) is 9.97 Å². The van der Waals surface area contributed by atoms with Crippen LogP contribution in [0.15, 0.2) is 206 Å². The standard InChI is InChI=1S/C27H24F4N6.2C19H14ClFN3O2.C19H14ClIN3O2.C19H14I2N3O2.5Pt/c1-27(2,21-13-15(36(3)4)11-19(32-21)17-7-9-23(28)34-25(17)30)22-14-16(37(5)6)12-20(33-22)18-8-10-24(29)35-26(18)31;1-19(2,15-8-4-6-13(23-15)18(25)26)14-7-3-5-12(22-14)11-9-10-16(21)24-17(11)20;3*1-19(2,15-8-4-6-13(23-15)18(25)26)14-7-3-5-12(22-14)11-9-10-16(20)24-17(11)21;;;;;/h9-14H,1-6H3;4*3-8,10H,1-2H3,(H,25,26);;;;;/q-2;4*-1;;;;;+2. The summed E-state index contributed by atoms with van der Waals surface area (Å²) in [5.41, 5.74) is 8.96. The number of halogens is 12. The van der Waals surface area contributed by atoms with Crippen LogP contribution in [0.5, 0.6) is 0 Å². The zero-order valence-electron chi connectivity index (χ0n) is 78.7. The molecule has 16 heterocycles. The van der Waals surface area contributed by atoms with Gasteiger partial charge in [-0.15, -0.1) is 89.4 Å². The van der Waals surface area contributed by atoms with Crippen LogP contribution in [0.4, 0.5) is 37.7 Å². The molecule has 0 saturated heterocycles. The van der Waals surface area contributed by atoms with Gasteiger partial charge in [0, 0.05) is 212 Å². The van der Waals surface area contributed by atoms with E-state index in [9.17, 15) is 55.7 Å². The van der Waals surface area contributed by atoms with Crippen molar-refractivity contribution < 1.29 is 171 Å². The van der Waals surface area contributed by atoms with E-state index in [1.54, 1.807) is 91.0 Å². The first-order chi connectivity index (χ1) is 66.5. The summed E-state index contributed by atoms with van der Waals surface area (Å²) in [4.78, 5) is 116. The predicted molar refractivity (Wildman–Crippen MR) is 545 cm³/mol. The van der Waals surface area contributed by atoms with Gasteiger partial charge in [0.2, 0.25) is 0 Å². The molecular weight excluding hydrogens is 3190 g/mol. The average molecular weight is 3270 g/mol. The molecule has 0 bridgehead atoms. The Bertz CT molecular complexity index is 6730. The molecular formula is C103H80Cl3F6I3N18O8Pt5-4. The molecule has 16 aromatic heterocycles. The zero-order chi connectivity index (χ0) is 103. The van der Waals surface area contributed by atoms with Gasteiger partial charge in [-0.2, -0.15) is 0 Å². The van der Waals surface area contributed by atoms with E-state index in [0.29, 0.717) is 82.7 Å². The maximum atomic E-state index is 14.5.